The highest BCUT2D eigenvalue weighted by Gasteiger charge is 2.45. The smallest absolute Gasteiger partial charge is 0.366 e. The van der Waals surface area contributed by atoms with Crippen molar-refractivity contribution < 1.29 is 18.3 Å². The molecule has 6 heteroatoms. The summed E-state index contributed by atoms with van der Waals surface area (Å²) in [7, 11) is 0. The van der Waals surface area contributed by atoms with Crippen LogP contribution in [0.15, 0.2) is 24.4 Å². The first-order chi connectivity index (χ1) is 8.12. The minimum atomic E-state index is -3.57. The molecule has 92 valence electrons. The van der Waals surface area contributed by atoms with Crippen molar-refractivity contribution in [2.24, 2.45) is 0 Å². The number of morpholine rings is 1. The number of carbonyl (C=O) groups is 1. The fourth-order valence-corrected chi connectivity index (χ4v) is 1.62. The van der Waals surface area contributed by atoms with Gasteiger partial charge in [-0.25, -0.2) is 0 Å². The van der Waals surface area contributed by atoms with E-state index < -0.39 is 17.5 Å². The molecule has 2 rings (SSSR count). The Hall–Kier alpha value is -1.56. The van der Waals surface area contributed by atoms with Crippen LogP contribution >= 0.6 is 0 Å². The molecule has 1 saturated heterocycles. The van der Waals surface area contributed by atoms with Gasteiger partial charge >= 0.3 is 5.92 Å². The fraction of sp³-hybridized carbons (Fsp3) is 0.455. The van der Waals surface area contributed by atoms with Gasteiger partial charge in [0.1, 0.15) is 5.69 Å². The number of carbonyl (C=O) groups excluding carboxylic acids is 1. The zero-order valence-electron chi connectivity index (χ0n) is 9.10. The van der Waals surface area contributed by atoms with E-state index in [2.05, 4.69) is 4.98 Å². The third-order valence-corrected chi connectivity index (χ3v) is 2.55. The molecule has 0 radical (unpaired) electrons. The van der Waals surface area contributed by atoms with Gasteiger partial charge in [-0.2, -0.15) is 8.78 Å². The average Bonchev–Trinajstić information content (AvgIpc) is 2.40. The molecule has 0 unspecified atom stereocenters. The summed E-state index contributed by atoms with van der Waals surface area (Å²) in [4.78, 5) is 16.3. The molecule has 0 N–H and O–H groups in total. The third-order valence-electron chi connectivity index (χ3n) is 2.55. The molecule has 1 aliphatic heterocycles. The zero-order valence-corrected chi connectivity index (χ0v) is 9.10. The first kappa shape index (κ1) is 11.9. The molecule has 0 bridgehead atoms. The number of nitrogens with zero attached hydrogens (tertiary/aromatic N) is 2. The van der Waals surface area contributed by atoms with Crippen molar-refractivity contribution in [3.05, 3.63) is 30.1 Å². The van der Waals surface area contributed by atoms with Gasteiger partial charge in [0.25, 0.3) is 5.91 Å². The summed E-state index contributed by atoms with van der Waals surface area (Å²) in [6.45, 7) is 0.983. The molecule has 1 fully saturated rings. The molecule has 0 aliphatic carbocycles. The van der Waals surface area contributed by atoms with Crippen molar-refractivity contribution in [3.63, 3.8) is 0 Å². The number of pyridine rings is 1. The highest BCUT2D eigenvalue weighted by molar-refractivity contribution is 5.84. The van der Waals surface area contributed by atoms with E-state index in [0.29, 0.717) is 13.2 Å². The maximum absolute atomic E-state index is 13.8. The summed E-state index contributed by atoms with van der Waals surface area (Å²) >= 11 is 0. The molecule has 17 heavy (non-hydrogen) atoms. The van der Waals surface area contributed by atoms with Crippen LogP contribution in [-0.2, 0) is 15.5 Å². The van der Waals surface area contributed by atoms with Crippen LogP contribution in [0.4, 0.5) is 8.78 Å². The minimum absolute atomic E-state index is 0.196. The number of hydrogen-bond acceptors (Lipinski definition) is 3. The second-order valence-corrected chi connectivity index (χ2v) is 3.69. The molecule has 1 aromatic heterocycles. The number of hydrogen-bond donors (Lipinski definition) is 0. The van der Waals surface area contributed by atoms with Crippen molar-refractivity contribution >= 4 is 5.91 Å². The second kappa shape index (κ2) is 4.75. The van der Waals surface area contributed by atoms with Crippen LogP contribution in [0.3, 0.4) is 0 Å². The summed E-state index contributed by atoms with van der Waals surface area (Å²) in [6, 6.07) is 4.11. The summed E-state index contributed by atoms with van der Waals surface area (Å²) < 4.78 is 32.7. The molecule has 0 saturated carbocycles. The molecular formula is C11H12F2N2O2. The number of rotatable bonds is 2. The number of ether oxygens (including phenoxy) is 1. The quantitative estimate of drug-likeness (QED) is 0.778. The van der Waals surface area contributed by atoms with Crippen molar-refractivity contribution in [1.29, 1.82) is 0 Å². The van der Waals surface area contributed by atoms with Crippen LogP contribution in [0.1, 0.15) is 5.69 Å². The number of halogens is 2. The number of aromatic nitrogens is 1. The molecule has 4 nitrogen and oxygen atoms in total. The molecule has 0 atom stereocenters. The Labute approximate surface area is 97.2 Å². The minimum Gasteiger partial charge on any atom is -0.378 e. The van der Waals surface area contributed by atoms with Crippen LogP contribution in [0.25, 0.3) is 0 Å². The van der Waals surface area contributed by atoms with Crippen molar-refractivity contribution in [2.75, 3.05) is 26.3 Å². The lowest BCUT2D eigenvalue weighted by molar-refractivity contribution is -0.163. The largest absolute Gasteiger partial charge is 0.378 e. The first-order valence-electron chi connectivity index (χ1n) is 5.29. The van der Waals surface area contributed by atoms with Crippen LogP contribution in [0.2, 0.25) is 0 Å². The third kappa shape index (κ3) is 2.41. The van der Waals surface area contributed by atoms with Gasteiger partial charge in [0.05, 0.1) is 13.2 Å². The van der Waals surface area contributed by atoms with Gasteiger partial charge in [0.2, 0.25) is 0 Å². The summed E-state index contributed by atoms with van der Waals surface area (Å²) in [5, 5.41) is 0. The Balaban J connectivity index is 2.17. The Morgan fingerprint density at radius 3 is 2.65 bits per heavy atom. The maximum atomic E-state index is 13.8. The molecule has 1 aliphatic rings. The topological polar surface area (TPSA) is 42.4 Å². The Kier molecular flexibility index (Phi) is 3.33. The van der Waals surface area contributed by atoms with Gasteiger partial charge in [-0.15, -0.1) is 0 Å². The molecule has 0 aromatic carbocycles. The predicted octanol–water partition coefficient (Wildman–Crippen LogP) is 1.03. The average molecular weight is 242 g/mol. The van der Waals surface area contributed by atoms with Crippen LogP contribution in [0.5, 0.6) is 0 Å². The second-order valence-electron chi connectivity index (χ2n) is 3.69. The highest BCUT2D eigenvalue weighted by atomic mass is 19.3. The van der Waals surface area contributed by atoms with Gasteiger partial charge in [-0.1, -0.05) is 6.07 Å². The van der Waals surface area contributed by atoms with E-state index in [1.807, 2.05) is 0 Å². The Morgan fingerprint density at radius 2 is 2.06 bits per heavy atom. The summed E-state index contributed by atoms with van der Waals surface area (Å²) in [5.74, 6) is -4.78. The molecule has 1 amide bonds. The monoisotopic (exact) mass is 242 g/mol. The van der Waals surface area contributed by atoms with Gasteiger partial charge in [0.15, 0.2) is 0 Å². The summed E-state index contributed by atoms with van der Waals surface area (Å²) in [5.41, 5.74) is -0.517. The van der Waals surface area contributed by atoms with E-state index in [9.17, 15) is 13.6 Å². The summed E-state index contributed by atoms with van der Waals surface area (Å²) in [6.07, 6.45) is 1.25. The van der Waals surface area contributed by atoms with E-state index in [0.717, 1.165) is 11.0 Å². The molecular weight excluding hydrogens is 230 g/mol. The number of alkyl halides is 2. The lowest BCUT2D eigenvalue weighted by Gasteiger charge is -2.29. The molecule has 2 heterocycles. The first-order valence-corrected chi connectivity index (χ1v) is 5.29. The maximum Gasteiger partial charge on any atom is 0.366 e. The highest BCUT2D eigenvalue weighted by Crippen LogP contribution is 2.28. The van der Waals surface area contributed by atoms with Gasteiger partial charge in [0, 0.05) is 19.3 Å². The van der Waals surface area contributed by atoms with E-state index >= 15 is 0 Å². The van der Waals surface area contributed by atoms with E-state index in [1.54, 1.807) is 0 Å². The Bertz CT molecular complexity index is 392. The Morgan fingerprint density at radius 1 is 1.35 bits per heavy atom. The van der Waals surface area contributed by atoms with E-state index in [4.69, 9.17) is 4.74 Å². The molecule has 1 aromatic rings. The molecule has 0 spiro atoms. The van der Waals surface area contributed by atoms with Crippen molar-refractivity contribution in [1.82, 2.24) is 9.88 Å². The lowest BCUT2D eigenvalue weighted by Crippen LogP contribution is -2.47. The predicted molar refractivity (Wildman–Crippen MR) is 55.5 cm³/mol. The van der Waals surface area contributed by atoms with Gasteiger partial charge in [-0.3, -0.25) is 9.78 Å². The van der Waals surface area contributed by atoms with Crippen molar-refractivity contribution in [3.8, 4) is 0 Å². The van der Waals surface area contributed by atoms with Crippen LogP contribution in [-0.4, -0.2) is 42.1 Å². The van der Waals surface area contributed by atoms with Gasteiger partial charge in [-0.05, 0) is 12.1 Å². The van der Waals surface area contributed by atoms with Crippen LogP contribution < -0.4 is 0 Å². The van der Waals surface area contributed by atoms with Crippen molar-refractivity contribution in [2.45, 2.75) is 5.92 Å². The lowest BCUT2D eigenvalue weighted by atomic mass is 10.2. The van der Waals surface area contributed by atoms with E-state index in [1.165, 1.54) is 18.3 Å². The normalized spacial score (nSPS) is 16.9. The van der Waals surface area contributed by atoms with E-state index in [-0.39, 0.29) is 13.1 Å². The number of amides is 1. The standard InChI is InChI=1S/C11H12F2N2O2/c12-11(13,9-3-1-2-4-14-9)10(16)15-5-7-17-8-6-15/h1-4H,5-8H2. The van der Waals surface area contributed by atoms with Gasteiger partial charge < -0.3 is 9.64 Å². The van der Waals surface area contributed by atoms with Crippen LogP contribution in [0, 0.1) is 0 Å². The SMILES string of the molecule is O=C(N1CCOCC1)C(F)(F)c1ccccn1. The fourth-order valence-electron chi connectivity index (χ4n) is 1.62. The zero-order chi connectivity index (χ0) is 12.3.